The lowest BCUT2D eigenvalue weighted by atomic mass is 10.2. The van der Waals surface area contributed by atoms with Crippen molar-refractivity contribution in [2.75, 3.05) is 0 Å². The first-order valence-corrected chi connectivity index (χ1v) is 6.51. The zero-order valence-corrected chi connectivity index (χ0v) is 11.5. The zero-order valence-electron chi connectivity index (χ0n) is 10.7. The normalized spacial score (nSPS) is 14.6. The molecule has 0 amide bonds. The van der Waals surface area contributed by atoms with Crippen molar-refractivity contribution in [3.63, 3.8) is 0 Å². The lowest BCUT2D eigenvalue weighted by Gasteiger charge is -2.13. The molecule has 1 atom stereocenters. The molecule has 0 radical (unpaired) electrons. The average Bonchev–Trinajstić information content (AvgIpc) is 2.24. The van der Waals surface area contributed by atoms with Crippen molar-refractivity contribution in [3.05, 3.63) is 29.8 Å². The molecule has 1 aromatic carbocycles. The minimum absolute atomic E-state index is 0.123. The lowest BCUT2D eigenvalue weighted by Crippen LogP contribution is -2.20. The molecule has 0 aliphatic carbocycles. The van der Waals surface area contributed by atoms with Gasteiger partial charge in [0, 0.05) is 11.8 Å². The van der Waals surface area contributed by atoms with Crippen LogP contribution in [0.5, 0.6) is 5.75 Å². The van der Waals surface area contributed by atoms with Crippen molar-refractivity contribution in [3.8, 4) is 5.75 Å². The summed E-state index contributed by atoms with van der Waals surface area (Å²) in [6.07, 6.45) is -3.64. The maximum atomic E-state index is 12.2. The minimum Gasteiger partial charge on any atom is -0.405 e. The van der Waals surface area contributed by atoms with Crippen LogP contribution in [-0.2, 0) is 11.0 Å². The quantitative estimate of drug-likeness (QED) is 0.800. The van der Waals surface area contributed by atoms with Crippen LogP contribution in [0, 0.1) is 0 Å². The fraction of sp³-hybridized carbons (Fsp3) is 0.417. The number of hydrogen-bond acceptors (Lipinski definition) is 2. The molecular formula is C12H14F3NO2S. The van der Waals surface area contributed by atoms with E-state index in [4.69, 9.17) is 0 Å². The fourth-order valence-electron chi connectivity index (χ4n) is 1.07. The maximum absolute atomic E-state index is 12.2. The summed E-state index contributed by atoms with van der Waals surface area (Å²) in [6.45, 7) is 5.16. The Hall–Kier alpha value is -1.37. The van der Waals surface area contributed by atoms with Gasteiger partial charge >= 0.3 is 6.36 Å². The van der Waals surface area contributed by atoms with Gasteiger partial charge < -0.3 is 4.74 Å². The Morgan fingerprint density at radius 2 is 1.79 bits per heavy atom. The van der Waals surface area contributed by atoms with Crippen LogP contribution >= 0.6 is 0 Å². The Balaban J connectivity index is 2.96. The highest BCUT2D eigenvalue weighted by Gasteiger charge is 2.31. The topological polar surface area (TPSA) is 38.7 Å². The van der Waals surface area contributed by atoms with Crippen LogP contribution in [0.2, 0.25) is 0 Å². The molecule has 0 spiro atoms. The van der Waals surface area contributed by atoms with Gasteiger partial charge in [-0.3, -0.25) is 0 Å². The zero-order chi connectivity index (χ0) is 14.7. The highest BCUT2D eigenvalue weighted by atomic mass is 32.2. The van der Waals surface area contributed by atoms with E-state index in [1.165, 1.54) is 18.2 Å². The standard InChI is InChI=1S/C12H14F3NO2S/c1-11(2,3)19(17)16-8-9-6-4-5-7-10(9)18-12(13,14)15/h4-8H,1-3H3/t19-/m0/s1. The van der Waals surface area contributed by atoms with Crippen molar-refractivity contribution < 1.29 is 22.1 Å². The second-order valence-electron chi connectivity index (χ2n) is 4.68. The first-order chi connectivity index (χ1) is 8.59. The summed E-state index contributed by atoms with van der Waals surface area (Å²) >= 11 is 0. The van der Waals surface area contributed by atoms with Gasteiger partial charge in [-0.05, 0) is 32.9 Å². The van der Waals surface area contributed by atoms with Crippen molar-refractivity contribution in [1.82, 2.24) is 0 Å². The number of halogens is 3. The van der Waals surface area contributed by atoms with Crippen molar-refractivity contribution in [2.45, 2.75) is 31.9 Å². The molecular weight excluding hydrogens is 279 g/mol. The van der Waals surface area contributed by atoms with Gasteiger partial charge in [0.15, 0.2) is 0 Å². The predicted molar refractivity (Wildman–Crippen MR) is 68.6 cm³/mol. The summed E-state index contributed by atoms with van der Waals surface area (Å²) < 4.78 is 55.3. The molecule has 0 heterocycles. The molecule has 1 aromatic rings. The molecule has 0 fully saturated rings. The first-order valence-electron chi connectivity index (χ1n) is 5.40. The Kier molecular flexibility index (Phi) is 4.73. The summed E-state index contributed by atoms with van der Waals surface area (Å²) in [4.78, 5) is 0. The molecule has 0 unspecified atom stereocenters. The van der Waals surface area contributed by atoms with E-state index in [9.17, 15) is 17.4 Å². The Morgan fingerprint density at radius 3 is 2.32 bits per heavy atom. The molecule has 1 rings (SSSR count). The second kappa shape index (κ2) is 5.73. The number of para-hydroxylation sites is 1. The number of benzene rings is 1. The van der Waals surface area contributed by atoms with Gasteiger partial charge in [0.25, 0.3) is 0 Å². The van der Waals surface area contributed by atoms with Gasteiger partial charge in [-0.1, -0.05) is 12.1 Å². The molecule has 0 saturated carbocycles. The Labute approximate surface area is 112 Å². The molecule has 19 heavy (non-hydrogen) atoms. The number of hydrogen-bond donors (Lipinski definition) is 0. The molecule has 0 saturated heterocycles. The molecule has 0 aromatic heterocycles. The van der Waals surface area contributed by atoms with Crippen LogP contribution in [0.4, 0.5) is 13.2 Å². The van der Waals surface area contributed by atoms with Gasteiger partial charge in [0.1, 0.15) is 16.7 Å². The monoisotopic (exact) mass is 293 g/mol. The summed E-state index contributed by atoms with van der Waals surface area (Å²) in [7, 11) is -1.54. The molecule has 0 aliphatic rings. The van der Waals surface area contributed by atoms with Crippen LogP contribution in [0.15, 0.2) is 28.7 Å². The SMILES string of the molecule is CC(C)(C)[S@](=O)N=Cc1ccccc1OC(F)(F)F. The summed E-state index contributed by atoms with van der Waals surface area (Å²) in [5.74, 6) is -0.371. The van der Waals surface area contributed by atoms with E-state index in [0.29, 0.717) is 0 Å². The largest absolute Gasteiger partial charge is 0.573 e. The summed E-state index contributed by atoms with van der Waals surface area (Å²) in [6, 6.07) is 5.54. The van der Waals surface area contributed by atoms with Gasteiger partial charge in [-0.25, -0.2) is 4.21 Å². The van der Waals surface area contributed by atoms with Gasteiger partial charge in [-0.2, -0.15) is 4.40 Å². The highest BCUT2D eigenvalue weighted by Crippen LogP contribution is 2.25. The lowest BCUT2D eigenvalue weighted by molar-refractivity contribution is -0.274. The molecule has 0 bridgehead atoms. The minimum atomic E-state index is -4.77. The third-order valence-electron chi connectivity index (χ3n) is 1.96. The molecule has 0 N–H and O–H groups in total. The summed E-state index contributed by atoms with van der Waals surface area (Å²) in [5, 5.41) is 0. The third-order valence-corrected chi connectivity index (χ3v) is 3.30. The van der Waals surface area contributed by atoms with Crippen LogP contribution in [0.1, 0.15) is 26.3 Å². The van der Waals surface area contributed by atoms with E-state index in [1.807, 2.05) is 0 Å². The molecule has 3 nitrogen and oxygen atoms in total. The fourth-order valence-corrected chi connectivity index (χ4v) is 1.59. The van der Waals surface area contributed by atoms with E-state index in [-0.39, 0.29) is 11.3 Å². The van der Waals surface area contributed by atoms with Gasteiger partial charge in [0.2, 0.25) is 0 Å². The second-order valence-corrected chi connectivity index (χ2v) is 6.62. The molecule has 0 aliphatic heterocycles. The van der Waals surface area contributed by atoms with Gasteiger partial charge in [-0.15, -0.1) is 13.2 Å². The highest BCUT2D eigenvalue weighted by molar-refractivity contribution is 7.85. The van der Waals surface area contributed by atoms with Gasteiger partial charge in [0.05, 0.1) is 4.75 Å². The van der Waals surface area contributed by atoms with Crippen LogP contribution in [-0.4, -0.2) is 21.5 Å². The summed E-state index contributed by atoms with van der Waals surface area (Å²) in [5.41, 5.74) is 0.123. The van der Waals surface area contributed by atoms with E-state index < -0.39 is 22.1 Å². The number of rotatable bonds is 3. The van der Waals surface area contributed by atoms with E-state index in [0.717, 1.165) is 6.21 Å². The Morgan fingerprint density at radius 1 is 1.21 bits per heavy atom. The maximum Gasteiger partial charge on any atom is 0.573 e. The van der Waals surface area contributed by atoms with E-state index in [1.54, 1.807) is 26.8 Å². The predicted octanol–water partition coefficient (Wildman–Crippen LogP) is 3.47. The number of ether oxygens (including phenoxy) is 1. The molecule has 106 valence electrons. The van der Waals surface area contributed by atoms with Crippen LogP contribution in [0.3, 0.4) is 0 Å². The Bertz CT molecular complexity index is 492. The van der Waals surface area contributed by atoms with Crippen molar-refractivity contribution >= 4 is 17.2 Å². The van der Waals surface area contributed by atoms with Crippen molar-refractivity contribution in [1.29, 1.82) is 0 Å². The molecule has 7 heteroatoms. The van der Waals surface area contributed by atoms with E-state index in [2.05, 4.69) is 9.13 Å². The third kappa shape index (κ3) is 5.42. The number of alkyl halides is 3. The van der Waals surface area contributed by atoms with Crippen molar-refractivity contribution in [2.24, 2.45) is 4.40 Å². The number of nitrogens with zero attached hydrogens (tertiary/aromatic N) is 1. The average molecular weight is 293 g/mol. The smallest absolute Gasteiger partial charge is 0.405 e. The first kappa shape index (κ1) is 15.7. The van der Waals surface area contributed by atoms with Crippen LogP contribution < -0.4 is 4.74 Å². The van der Waals surface area contributed by atoms with Crippen LogP contribution in [0.25, 0.3) is 0 Å². The van der Waals surface area contributed by atoms with E-state index >= 15 is 0 Å².